The number of anilines is 1. The Kier molecular flexibility index (Phi) is 4.70. The summed E-state index contributed by atoms with van der Waals surface area (Å²) in [7, 11) is 1.59. The van der Waals surface area contributed by atoms with E-state index in [1.54, 1.807) is 13.2 Å². The van der Waals surface area contributed by atoms with Gasteiger partial charge in [0.05, 0.1) is 18.4 Å². The first kappa shape index (κ1) is 15.2. The van der Waals surface area contributed by atoms with Gasteiger partial charge >= 0.3 is 5.97 Å². The average molecular weight is 352 g/mol. The van der Waals surface area contributed by atoms with Crippen molar-refractivity contribution in [1.29, 1.82) is 0 Å². The Bertz CT molecular complexity index is 673. The third-order valence-electron chi connectivity index (χ3n) is 2.88. The molecule has 0 heterocycles. The lowest BCUT2D eigenvalue weighted by Gasteiger charge is -2.12. The summed E-state index contributed by atoms with van der Waals surface area (Å²) in [5, 5.41) is 8.89. The number of carbonyl (C=O) groups is 1. The number of hydrogen-bond acceptors (Lipinski definition) is 4. The molecule has 21 heavy (non-hydrogen) atoms. The molecule has 0 radical (unpaired) electrons. The second-order valence-electron chi connectivity index (χ2n) is 4.30. The van der Waals surface area contributed by atoms with Crippen LogP contribution in [-0.4, -0.2) is 18.2 Å². The van der Waals surface area contributed by atoms with E-state index < -0.39 is 5.97 Å². The van der Waals surface area contributed by atoms with E-state index in [4.69, 9.17) is 20.3 Å². The predicted octanol–water partition coefficient (Wildman–Crippen LogP) is 3.32. The Morgan fingerprint density at radius 3 is 2.57 bits per heavy atom. The van der Waals surface area contributed by atoms with Crippen molar-refractivity contribution in [3.8, 4) is 11.5 Å². The van der Waals surface area contributed by atoms with Gasteiger partial charge in [-0.2, -0.15) is 0 Å². The van der Waals surface area contributed by atoms with Gasteiger partial charge < -0.3 is 20.3 Å². The minimum Gasteiger partial charge on any atom is -0.496 e. The first-order valence-corrected chi connectivity index (χ1v) is 6.88. The Morgan fingerprint density at radius 2 is 1.95 bits per heavy atom. The molecule has 0 fully saturated rings. The summed E-state index contributed by atoms with van der Waals surface area (Å²) in [6.07, 6.45) is 0. The molecule has 0 saturated carbocycles. The standard InChI is InChI=1S/C15H14BrNO4/c1-20-13-5-3-11(16)6-10(13)8-21-14-4-2-9(15(18)19)7-12(14)17/h2-7H,8,17H2,1H3,(H,18,19). The number of hydrogen-bond donors (Lipinski definition) is 2. The van der Waals surface area contributed by atoms with E-state index in [1.165, 1.54) is 12.1 Å². The van der Waals surface area contributed by atoms with E-state index >= 15 is 0 Å². The highest BCUT2D eigenvalue weighted by Crippen LogP contribution is 2.27. The maximum absolute atomic E-state index is 10.8. The second kappa shape index (κ2) is 6.49. The molecule has 0 bridgehead atoms. The van der Waals surface area contributed by atoms with Crippen LogP contribution in [0.1, 0.15) is 15.9 Å². The second-order valence-corrected chi connectivity index (χ2v) is 5.22. The summed E-state index contributed by atoms with van der Waals surface area (Å²) in [5.41, 5.74) is 7.06. The van der Waals surface area contributed by atoms with Crippen LogP contribution in [0.4, 0.5) is 5.69 Å². The molecule has 0 aromatic heterocycles. The molecular weight excluding hydrogens is 338 g/mol. The third-order valence-corrected chi connectivity index (χ3v) is 3.38. The van der Waals surface area contributed by atoms with E-state index in [1.807, 2.05) is 18.2 Å². The zero-order chi connectivity index (χ0) is 15.4. The highest BCUT2D eigenvalue weighted by molar-refractivity contribution is 9.10. The Hall–Kier alpha value is -2.21. The van der Waals surface area contributed by atoms with Gasteiger partial charge in [-0.3, -0.25) is 0 Å². The summed E-state index contributed by atoms with van der Waals surface area (Å²) < 4.78 is 11.8. The first-order chi connectivity index (χ1) is 10.0. The minimum absolute atomic E-state index is 0.125. The molecule has 0 amide bonds. The molecule has 3 N–H and O–H groups in total. The molecule has 5 nitrogen and oxygen atoms in total. The quantitative estimate of drug-likeness (QED) is 0.807. The minimum atomic E-state index is -1.03. The number of ether oxygens (including phenoxy) is 2. The van der Waals surface area contributed by atoms with E-state index in [0.717, 1.165) is 10.0 Å². The lowest BCUT2D eigenvalue weighted by atomic mass is 10.2. The van der Waals surface area contributed by atoms with Crippen molar-refractivity contribution in [2.45, 2.75) is 6.61 Å². The van der Waals surface area contributed by atoms with E-state index in [9.17, 15) is 4.79 Å². The van der Waals surface area contributed by atoms with Gasteiger partial charge in [-0.1, -0.05) is 15.9 Å². The third kappa shape index (κ3) is 3.66. The lowest BCUT2D eigenvalue weighted by Crippen LogP contribution is -2.03. The molecule has 6 heteroatoms. The summed E-state index contributed by atoms with van der Waals surface area (Å²) in [5.74, 6) is 0.114. The van der Waals surface area contributed by atoms with Crippen molar-refractivity contribution in [2.24, 2.45) is 0 Å². The summed E-state index contributed by atoms with van der Waals surface area (Å²) >= 11 is 3.39. The van der Waals surface area contributed by atoms with Crippen molar-refractivity contribution in [3.63, 3.8) is 0 Å². The largest absolute Gasteiger partial charge is 0.496 e. The molecule has 0 aliphatic carbocycles. The highest BCUT2D eigenvalue weighted by atomic mass is 79.9. The van der Waals surface area contributed by atoms with Gasteiger partial charge in [0, 0.05) is 10.0 Å². The van der Waals surface area contributed by atoms with Gasteiger partial charge in [0.1, 0.15) is 18.1 Å². The molecule has 0 saturated heterocycles. The summed E-state index contributed by atoms with van der Waals surface area (Å²) in [6, 6.07) is 9.96. The van der Waals surface area contributed by atoms with Crippen LogP contribution >= 0.6 is 15.9 Å². The zero-order valence-electron chi connectivity index (χ0n) is 11.3. The number of nitrogens with two attached hydrogens (primary N) is 1. The Balaban J connectivity index is 2.17. The number of methoxy groups -OCH3 is 1. The van der Waals surface area contributed by atoms with Gasteiger partial charge in [-0.25, -0.2) is 4.79 Å². The van der Waals surface area contributed by atoms with Crippen LogP contribution in [0, 0.1) is 0 Å². The first-order valence-electron chi connectivity index (χ1n) is 6.09. The molecule has 2 aromatic rings. The van der Waals surface area contributed by atoms with Crippen LogP contribution in [0.5, 0.6) is 11.5 Å². The van der Waals surface area contributed by atoms with Gasteiger partial charge in [0.25, 0.3) is 0 Å². The van der Waals surface area contributed by atoms with Crippen molar-refractivity contribution in [3.05, 3.63) is 52.0 Å². The highest BCUT2D eigenvalue weighted by Gasteiger charge is 2.09. The molecule has 2 rings (SSSR count). The normalized spacial score (nSPS) is 10.2. The van der Waals surface area contributed by atoms with Gasteiger partial charge in [0.2, 0.25) is 0 Å². The Labute approximate surface area is 130 Å². The molecule has 110 valence electrons. The monoisotopic (exact) mass is 351 g/mol. The topological polar surface area (TPSA) is 81.8 Å². The zero-order valence-corrected chi connectivity index (χ0v) is 12.9. The van der Waals surface area contributed by atoms with Crippen LogP contribution < -0.4 is 15.2 Å². The summed E-state index contributed by atoms with van der Waals surface area (Å²) in [4.78, 5) is 10.8. The number of carboxylic acids is 1. The fourth-order valence-electron chi connectivity index (χ4n) is 1.83. The van der Waals surface area contributed by atoms with E-state index in [2.05, 4.69) is 15.9 Å². The fraction of sp³-hybridized carbons (Fsp3) is 0.133. The van der Waals surface area contributed by atoms with Crippen molar-refractivity contribution in [1.82, 2.24) is 0 Å². The maximum atomic E-state index is 10.8. The van der Waals surface area contributed by atoms with Crippen LogP contribution in [0.3, 0.4) is 0 Å². The van der Waals surface area contributed by atoms with Gasteiger partial charge in [0.15, 0.2) is 0 Å². The number of carboxylic acid groups (broad SMARTS) is 1. The molecule has 2 aromatic carbocycles. The smallest absolute Gasteiger partial charge is 0.335 e. The average Bonchev–Trinajstić information content (AvgIpc) is 2.46. The SMILES string of the molecule is COc1ccc(Br)cc1COc1ccc(C(=O)O)cc1N. The molecule has 0 spiro atoms. The van der Waals surface area contributed by atoms with Crippen LogP contribution in [0.25, 0.3) is 0 Å². The number of aromatic carboxylic acids is 1. The number of rotatable bonds is 5. The van der Waals surface area contributed by atoms with Crippen LogP contribution in [0.2, 0.25) is 0 Å². The lowest BCUT2D eigenvalue weighted by molar-refractivity contribution is 0.0697. The van der Waals surface area contributed by atoms with Crippen molar-refractivity contribution >= 4 is 27.6 Å². The molecule has 0 unspecified atom stereocenters. The van der Waals surface area contributed by atoms with E-state index in [-0.39, 0.29) is 17.9 Å². The van der Waals surface area contributed by atoms with Crippen molar-refractivity contribution in [2.75, 3.05) is 12.8 Å². The Morgan fingerprint density at radius 1 is 1.24 bits per heavy atom. The fourth-order valence-corrected chi connectivity index (χ4v) is 2.24. The van der Waals surface area contributed by atoms with Gasteiger partial charge in [-0.15, -0.1) is 0 Å². The van der Waals surface area contributed by atoms with Crippen LogP contribution in [-0.2, 0) is 6.61 Å². The molecule has 0 atom stereocenters. The van der Waals surface area contributed by atoms with E-state index in [0.29, 0.717) is 11.5 Å². The molecule has 0 aliphatic rings. The van der Waals surface area contributed by atoms with Crippen molar-refractivity contribution < 1.29 is 19.4 Å². The van der Waals surface area contributed by atoms with Crippen LogP contribution in [0.15, 0.2) is 40.9 Å². The maximum Gasteiger partial charge on any atom is 0.335 e. The number of benzene rings is 2. The van der Waals surface area contributed by atoms with Gasteiger partial charge in [-0.05, 0) is 36.4 Å². The summed E-state index contributed by atoms with van der Waals surface area (Å²) in [6.45, 7) is 0.263. The number of halogens is 1. The molecular formula is C15H14BrNO4. The number of nitrogen functional groups attached to an aromatic ring is 1. The predicted molar refractivity (Wildman–Crippen MR) is 82.8 cm³/mol. The molecule has 0 aliphatic heterocycles.